The van der Waals surface area contributed by atoms with E-state index in [0.29, 0.717) is 11.8 Å². The molecule has 10 heteroatoms. The van der Waals surface area contributed by atoms with Gasteiger partial charge < -0.3 is 15.2 Å². The largest absolute Gasteiger partial charge is 0.416 e. The molecule has 0 radical (unpaired) electrons. The van der Waals surface area contributed by atoms with E-state index in [1.54, 1.807) is 6.92 Å². The fourth-order valence-corrected chi connectivity index (χ4v) is 2.04. The number of alkyl halides is 3. The van der Waals surface area contributed by atoms with Gasteiger partial charge in [-0.2, -0.15) is 13.2 Å². The van der Waals surface area contributed by atoms with Crippen molar-refractivity contribution in [2.75, 3.05) is 10.6 Å². The van der Waals surface area contributed by atoms with Crippen molar-refractivity contribution in [3.8, 4) is 0 Å². The predicted molar refractivity (Wildman–Crippen MR) is 88.7 cm³/mol. The number of aromatic nitrogens is 1. The molecule has 0 aliphatic carbocycles. The number of aryl methyl sites for hydroxylation is 1. The molecule has 1 aromatic carbocycles. The first-order valence-corrected chi connectivity index (χ1v) is 7.72. The molecule has 0 bridgehead atoms. The first-order chi connectivity index (χ1) is 11.9. The van der Waals surface area contributed by atoms with Crippen molar-refractivity contribution in [3.05, 3.63) is 40.6 Å². The minimum atomic E-state index is -4.60. The summed E-state index contributed by atoms with van der Waals surface area (Å²) in [5, 5.41) is 8.15. The molecule has 1 heterocycles. The molecule has 1 aromatic heterocycles. The second-order valence-corrected chi connectivity index (χ2v) is 6.46. The highest BCUT2D eigenvalue weighted by Gasteiger charge is 2.37. The summed E-state index contributed by atoms with van der Waals surface area (Å²) in [5.41, 5.74) is -2.84. The summed E-state index contributed by atoms with van der Waals surface area (Å²) in [6.07, 6.45) is -4.60. The number of nitrogens with one attached hydrogen (secondary N) is 2. The fraction of sp³-hybridized carbons (Fsp3) is 0.312. The Morgan fingerprint density at radius 2 is 1.73 bits per heavy atom. The average Bonchev–Trinajstić information content (AvgIpc) is 2.93. The Hall–Kier alpha value is -2.55. The van der Waals surface area contributed by atoms with Gasteiger partial charge in [0.05, 0.1) is 16.3 Å². The van der Waals surface area contributed by atoms with Gasteiger partial charge in [-0.3, -0.25) is 9.59 Å². The lowest BCUT2D eigenvalue weighted by Crippen LogP contribution is -2.41. The Labute approximate surface area is 151 Å². The lowest BCUT2D eigenvalue weighted by Gasteiger charge is -2.22. The van der Waals surface area contributed by atoms with Crippen LogP contribution in [0.5, 0.6) is 0 Å². The summed E-state index contributed by atoms with van der Waals surface area (Å²) in [6.45, 7) is 4.24. The van der Waals surface area contributed by atoms with Crippen LogP contribution in [0.1, 0.15) is 25.2 Å². The van der Waals surface area contributed by atoms with E-state index < -0.39 is 29.0 Å². The zero-order chi connectivity index (χ0) is 19.7. The third-order valence-corrected chi connectivity index (χ3v) is 3.88. The Bertz CT molecular complexity index is 847. The monoisotopic (exact) mass is 389 g/mol. The highest BCUT2D eigenvalue weighted by Crippen LogP contribution is 2.34. The van der Waals surface area contributed by atoms with Crippen LogP contribution in [0.15, 0.2) is 28.8 Å². The molecule has 0 atom stereocenters. The molecule has 2 aromatic rings. The number of amides is 2. The Balaban J connectivity index is 2.18. The molecule has 26 heavy (non-hydrogen) atoms. The second-order valence-electron chi connectivity index (χ2n) is 6.05. The summed E-state index contributed by atoms with van der Waals surface area (Å²) in [5.74, 6) is -0.980. The van der Waals surface area contributed by atoms with Gasteiger partial charge in [-0.25, -0.2) is 0 Å². The van der Waals surface area contributed by atoms with Gasteiger partial charge in [-0.1, -0.05) is 16.8 Å². The van der Waals surface area contributed by atoms with Crippen molar-refractivity contribution in [2.24, 2.45) is 5.41 Å². The summed E-state index contributed by atoms with van der Waals surface area (Å²) in [7, 11) is 0. The topological polar surface area (TPSA) is 84.2 Å². The zero-order valence-electron chi connectivity index (χ0n) is 14.0. The molecular weight excluding hydrogens is 375 g/mol. The SMILES string of the molecule is Cc1cc(NC(=O)C(C)(C)C(=O)Nc2cc(C(F)(F)F)ccc2Cl)no1. The van der Waals surface area contributed by atoms with Crippen LogP contribution in [0.2, 0.25) is 5.02 Å². The van der Waals surface area contributed by atoms with Crippen LogP contribution in [0.3, 0.4) is 0 Å². The van der Waals surface area contributed by atoms with E-state index >= 15 is 0 Å². The van der Waals surface area contributed by atoms with E-state index in [4.69, 9.17) is 16.1 Å². The summed E-state index contributed by atoms with van der Waals surface area (Å²) in [6, 6.07) is 3.97. The second kappa shape index (κ2) is 6.99. The first-order valence-electron chi connectivity index (χ1n) is 7.34. The number of benzene rings is 1. The number of nitrogens with zero attached hydrogens (tertiary/aromatic N) is 1. The zero-order valence-corrected chi connectivity index (χ0v) is 14.7. The molecule has 6 nitrogen and oxygen atoms in total. The van der Waals surface area contributed by atoms with Gasteiger partial charge in [0, 0.05) is 6.07 Å². The standard InChI is InChI=1S/C16H15ClF3N3O3/c1-8-6-12(23-26-8)22-14(25)15(2,3)13(24)21-11-7-9(16(18,19)20)4-5-10(11)17/h4-7H,1-3H3,(H,21,24)(H,22,23,25). The van der Waals surface area contributed by atoms with Crippen LogP contribution in [-0.4, -0.2) is 17.0 Å². The number of carbonyl (C=O) groups is 2. The smallest absolute Gasteiger partial charge is 0.360 e. The van der Waals surface area contributed by atoms with Crippen molar-refractivity contribution >= 4 is 34.9 Å². The van der Waals surface area contributed by atoms with E-state index in [0.717, 1.165) is 12.1 Å². The van der Waals surface area contributed by atoms with E-state index in [9.17, 15) is 22.8 Å². The third-order valence-electron chi connectivity index (χ3n) is 3.55. The molecule has 0 saturated heterocycles. The van der Waals surface area contributed by atoms with E-state index in [2.05, 4.69) is 15.8 Å². The number of halogens is 4. The average molecular weight is 390 g/mol. The van der Waals surface area contributed by atoms with Gasteiger partial charge >= 0.3 is 6.18 Å². The minimum Gasteiger partial charge on any atom is -0.360 e. The third kappa shape index (κ3) is 4.34. The predicted octanol–water partition coefficient (Wildman–Crippen LogP) is 4.26. The minimum absolute atomic E-state index is 0.0883. The van der Waals surface area contributed by atoms with Crippen LogP contribution in [0, 0.1) is 12.3 Å². The molecule has 0 aliphatic heterocycles. The highest BCUT2D eigenvalue weighted by molar-refractivity contribution is 6.34. The number of hydrogen-bond acceptors (Lipinski definition) is 4. The molecule has 0 saturated carbocycles. The van der Waals surface area contributed by atoms with Gasteiger partial charge in [0.2, 0.25) is 11.8 Å². The van der Waals surface area contributed by atoms with Crippen LogP contribution in [0.25, 0.3) is 0 Å². The van der Waals surface area contributed by atoms with Gasteiger partial charge in [0.1, 0.15) is 11.2 Å². The Morgan fingerprint density at radius 3 is 2.27 bits per heavy atom. The van der Waals surface area contributed by atoms with Crippen molar-refractivity contribution in [3.63, 3.8) is 0 Å². The quantitative estimate of drug-likeness (QED) is 0.765. The highest BCUT2D eigenvalue weighted by atomic mass is 35.5. The van der Waals surface area contributed by atoms with Crippen molar-refractivity contribution in [1.29, 1.82) is 0 Å². The number of hydrogen-bond donors (Lipinski definition) is 2. The van der Waals surface area contributed by atoms with Gasteiger partial charge in [-0.15, -0.1) is 0 Å². The van der Waals surface area contributed by atoms with Crippen LogP contribution >= 0.6 is 11.6 Å². The van der Waals surface area contributed by atoms with Crippen molar-refractivity contribution in [1.82, 2.24) is 5.16 Å². The maximum atomic E-state index is 12.8. The molecule has 0 spiro atoms. The summed E-state index contributed by atoms with van der Waals surface area (Å²) in [4.78, 5) is 24.7. The molecule has 0 aliphatic rings. The molecule has 2 rings (SSSR count). The van der Waals surface area contributed by atoms with E-state index in [1.165, 1.54) is 19.9 Å². The van der Waals surface area contributed by atoms with Crippen LogP contribution < -0.4 is 10.6 Å². The maximum Gasteiger partial charge on any atom is 0.416 e. The van der Waals surface area contributed by atoms with Crippen molar-refractivity contribution < 1.29 is 27.3 Å². The molecule has 0 fully saturated rings. The Morgan fingerprint density at radius 1 is 1.12 bits per heavy atom. The lowest BCUT2D eigenvalue weighted by atomic mass is 9.91. The normalized spacial score (nSPS) is 12.0. The van der Waals surface area contributed by atoms with Gasteiger partial charge in [0.25, 0.3) is 0 Å². The van der Waals surface area contributed by atoms with Crippen LogP contribution in [-0.2, 0) is 15.8 Å². The number of carbonyl (C=O) groups excluding carboxylic acids is 2. The molecular formula is C16H15ClF3N3O3. The summed E-state index contributed by atoms with van der Waals surface area (Å²) < 4.78 is 43.2. The lowest BCUT2D eigenvalue weighted by molar-refractivity contribution is -0.138. The molecule has 2 amide bonds. The molecule has 0 unspecified atom stereocenters. The van der Waals surface area contributed by atoms with E-state index in [-0.39, 0.29) is 16.5 Å². The fourth-order valence-electron chi connectivity index (χ4n) is 1.88. The maximum absolute atomic E-state index is 12.8. The van der Waals surface area contributed by atoms with Crippen molar-refractivity contribution in [2.45, 2.75) is 26.9 Å². The van der Waals surface area contributed by atoms with Crippen LogP contribution in [0.4, 0.5) is 24.7 Å². The van der Waals surface area contributed by atoms with Gasteiger partial charge in [-0.05, 0) is 39.0 Å². The first kappa shape index (κ1) is 19.8. The summed E-state index contributed by atoms with van der Waals surface area (Å²) >= 11 is 5.85. The van der Waals surface area contributed by atoms with E-state index in [1.807, 2.05) is 0 Å². The van der Waals surface area contributed by atoms with Gasteiger partial charge in [0.15, 0.2) is 5.82 Å². The number of rotatable bonds is 4. The number of anilines is 2. The Kier molecular flexibility index (Phi) is 5.31. The molecule has 2 N–H and O–H groups in total. The molecule has 140 valence electrons.